The molecule has 0 aliphatic carbocycles. The maximum absolute atomic E-state index is 12.7. The summed E-state index contributed by atoms with van der Waals surface area (Å²) >= 11 is 0. The normalized spacial score (nSPS) is 12.7. The summed E-state index contributed by atoms with van der Waals surface area (Å²) in [5, 5.41) is 19.5. The molecule has 0 amide bonds. The summed E-state index contributed by atoms with van der Waals surface area (Å²) in [6.07, 6.45) is 0. The molecule has 0 radical (unpaired) electrons. The van der Waals surface area contributed by atoms with Gasteiger partial charge in [-0.25, -0.2) is 9.97 Å². The number of imidazole rings is 2. The van der Waals surface area contributed by atoms with Crippen LogP contribution in [0.2, 0.25) is 0 Å². The van der Waals surface area contributed by atoms with Gasteiger partial charge in [0, 0.05) is 38.4 Å². The molecule has 0 fully saturated rings. The number of rotatable bonds is 8. The molecular formula is C76H72N4O2. The lowest BCUT2D eigenvalue weighted by Crippen LogP contribution is -2.17. The molecule has 0 aliphatic heterocycles. The number of benzene rings is 10. The molecule has 0 bridgehead atoms. The molecule has 408 valence electrons. The smallest absolute Gasteiger partial charge is 0.161 e. The van der Waals surface area contributed by atoms with Gasteiger partial charge in [0.2, 0.25) is 0 Å². The molecule has 0 saturated carbocycles. The van der Waals surface area contributed by atoms with Gasteiger partial charge < -0.3 is 9.52 Å². The Labute approximate surface area is 481 Å². The molecule has 3 heterocycles. The molecule has 10 aromatic carbocycles. The molecule has 1 N–H and O–H groups in total. The summed E-state index contributed by atoms with van der Waals surface area (Å²) in [6, 6.07) is 65.8. The summed E-state index contributed by atoms with van der Waals surface area (Å²) in [7, 11) is 0. The Morgan fingerprint density at radius 1 is 0.451 bits per heavy atom. The molecule has 0 saturated heterocycles. The van der Waals surface area contributed by atoms with Gasteiger partial charge in [-0.1, -0.05) is 223 Å². The van der Waals surface area contributed by atoms with E-state index in [9.17, 15) is 5.11 Å². The zero-order valence-corrected chi connectivity index (χ0v) is 49.6. The Hall–Kier alpha value is -8.74. The first-order valence-corrected chi connectivity index (χ1v) is 29.2. The number of para-hydroxylation sites is 3. The van der Waals surface area contributed by atoms with E-state index in [1.54, 1.807) is 0 Å². The fraction of sp³-hybridized carbons (Fsp3) is 0.237. The summed E-state index contributed by atoms with van der Waals surface area (Å²) in [5.74, 6) is 2.18. The van der Waals surface area contributed by atoms with Crippen LogP contribution in [-0.2, 0) is 16.2 Å². The predicted molar refractivity (Wildman–Crippen MR) is 346 cm³/mol. The van der Waals surface area contributed by atoms with E-state index in [0.717, 1.165) is 111 Å². The summed E-state index contributed by atoms with van der Waals surface area (Å²) < 4.78 is 12.1. The van der Waals surface area contributed by atoms with E-state index < -0.39 is 0 Å². The molecule has 6 heteroatoms. The highest BCUT2D eigenvalue weighted by molar-refractivity contribution is 6.25. The highest BCUT2D eigenvalue weighted by Crippen LogP contribution is 2.48. The van der Waals surface area contributed by atoms with Crippen LogP contribution >= 0.6 is 0 Å². The molecule has 13 rings (SSSR count). The molecule has 0 unspecified atom stereocenters. The van der Waals surface area contributed by atoms with Crippen molar-refractivity contribution >= 4 is 65.6 Å². The standard InChI is InChI=1S/C76H72N4O2/c1-44(2)53-28-21-29-54(45(3)4)67(53)80-68-62(38-37-59-58-36-35-48-34-33-47-25-17-18-27-56(47)65(48)70(58)82-71(59)68)77-72(80)50-39-49(40-51(41-50)74(5,6)7)57-30-22-32-64-66(57)78-73(60-42-52(75(8,9)10)43-61(69(60)81)76(11,12)13)79(64)63-31-20-19-26-55(63)46-23-15-14-16-24-46/h14-45,81H,1-13H3. The predicted octanol–water partition coefficient (Wildman–Crippen LogP) is 21.1. The first kappa shape index (κ1) is 52.6. The monoisotopic (exact) mass is 1070 g/mol. The van der Waals surface area contributed by atoms with Crippen LogP contribution in [0.5, 0.6) is 5.75 Å². The van der Waals surface area contributed by atoms with Crippen LogP contribution in [0.15, 0.2) is 186 Å². The maximum atomic E-state index is 12.7. The molecule has 6 nitrogen and oxygen atoms in total. The molecule has 82 heavy (non-hydrogen) atoms. The third-order valence-corrected chi connectivity index (χ3v) is 17.0. The number of nitrogens with zero attached hydrogens (tertiary/aromatic N) is 4. The number of phenolic OH excluding ortho intramolecular Hbond substituents is 1. The summed E-state index contributed by atoms with van der Waals surface area (Å²) in [6.45, 7) is 29.3. The van der Waals surface area contributed by atoms with E-state index in [1.807, 2.05) is 0 Å². The Morgan fingerprint density at radius 2 is 1.06 bits per heavy atom. The quantitative estimate of drug-likeness (QED) is 0.154. The van der Waals surface area contributed by atoms with E-state index in [0.29, 0.717) is 11.4 Å². The number of hydrogen-bond donors (Lipinski definition) is 1. The zero-order chi connectivity index (χ0) is 57.3. The molecule has 0 spiro atoms. The van der Waals surface area contributed by atoms with Gasteiger partial charge in [0.25, 0.3) is 0 Å². The van der Waals surface area contributed by atoms with Gasteiger partial charge in [0.05, 0.1) is 33.5 Å². The average Bonchev–Trinajstić information content (AvgIpc) is 3.30. The van der Waals surface area contributed by atoms with Crippen molar-refractivity contribution in [2.45, 2.75) is 118 Å². The van der Waals surface area contributed by atoms with Gasteiger partial charge in [-0.2, -0.15) is 0 Å². The van der Waals surface area contributed by atoms with Crippen molar-refractivity contribution in [1.29, 1.82) is 0 Å². The van der Waals surface area contributed by atoms with Crippen LogP contribution in [-0.4, -0.2) is 24.2 Å². The second-order valence-corrected chi connectivity index (χ2v) is 26.4. The second-order valence-electron chi connectivity index (χ2n) is 26.4. The molecular weight excluding hydrogens is 1000 g/mol. The highest BCUT2D eigenvalue weighted by Gasteiger charge is 2.31. The van der Waals surface area contributed by atoms with Crippen molar-refractivity contribution in [1.82, 2.24) is 19.1 Å². The third kappa shape index (κ3) is 8.60. The van der Waals surface area contributed by atoms with Crippen LogP contribution in [0, 0.1) is 0 Å². The number of phenols is 1. The Morgan fingerprint density at radius 3 is 1.78 bits per heavy atom. The van der Waals surface area contributed by atoms with Gasteiger partial charge >= 0.3 is 0 Å². The Bertz CT molecular complexity index is 4670. The fourth-order valence-electron chi connectivity index (χ4n) is 12.6. The number of hydrogen-bond acceptors (Lipinski definition) is 4. The Kier molecular flexibility index (Phi) is 12.3. The van der Waals surface area contributed by atoms with E-state index in [2.05, 4.69) is 281 Å². The van der Waals surface area contributed by atoms with Crippen molar-refractivity contribution in [3.63, 3.8) is 0 Å². The largest absolute Gasteiger partial charge is 0.507 e. The van der Waals surface area contributed by atoms with E-state index in [1.165, 1.54) is 27.5 Å². The molecule has 0 aliphatic rings. The number of furan rings is 1. The van der Waals surface area contributed by atoms with Gasteiger partial charge in [-0.15, -0.1) is 0 Å². The van der Waals surface area contributed by atoms with E-state index >= 15 is 0 Å². The molecule has 0 atom stereocenters. The van der Waals surface area contributed by atoms with Crippen molar-refractivity contribution in [2.24, 2.45) is 0 Å². The minimum Gasteiger partial charge on any atom is -0.507 e. The van der Waals surface area contributed by atoms with Crippen LogP contribution in [0.25, 0.3) is 122 Å². The third-order valence-electron chi connectivity index (χ3n) is 17.0. The molecule has 13 aromatic rings. The lowest BCUT2D eigenvalue weighted by Gasteiger charge is -2.27. The fourth-order valence-corrected chi connectivity index (χ4v) is 12.6. The topological polar surface area (TPSA) is 69.0 Å². The number of aromatic hydroxyl groups is 1. The van der Waals surface area contributed by atoms with Crippen LogP contribution in [0.4, 0.5) is 0 Å². The van der Waals surface area contributed by atoms with Crippen molar-refractivity contribution < 1.29 is 9.52 Å². The average molecular weight is 1070 g/mol. The lowest BCUT2D eigenvalue weighted by molar-refractivity contribution is 0.446. The van der Waals surface area contributed by atoms with Gasteiger partial charge in [-0.05, 0) is 126 Å². The van der Waals surface area contributed by atoms with Gasteiger partial charge in [-0.3, -0.25) is 9.13 Å². The van der Waals surface area contributed by atoms with Crippen LogP contribution in [0.1, 0.15) is 130 Å². The SMILES string of the molecule is CC(C)c1cccc(C(C)C)c1-n1c(-c2cc(-c3cccc4c3nc(-c3cc(C(C)(C)C)cc(C(C)(C)C)c3O)n4-c3ccccc3-c3ccccc3)cc(C(C)(C)C)c2)nc2ccc3c4ccc5ccc6ccccc6c5c4oc3c21. The number of fused-ring (bicyclic) bond motifs is 10. The summed E-state index contributed by atoms with van der Waals surface area (Å²) in [5.41, 5.74) is 18.1. The van der Waals surface area contributed by atoms with Crippen molar-refractivity contribution in [2.75, 3.05) is 0 Å². The van der Waals surface area contributed by atoms with Crippen molar-refractivity contribution in [3.8, 4) is 62.2 Å². The zero-order valence-electron chi connectivity index (χ0n) is 49.6. The van der Waals surface area contributed by atoms with Crippen LogP contribution in [0.3, 0.4) is 0 Å². The first-order chi connectivity index (χ1) is 39.2. The van der Waals surface area contributed by atoms with E-state index in [-0.39, 0.29) is 33.8 Å². The first-order valence-electron chi connectivity index (χ1n) is 29.2. The van der Waals surface area contributed by atoms with Gasteiger partial charge in [0.1, 0.15) is 28.5 Å². The second kappa shape index (κ2) is 19.2. The number of aromatic nitrogens is 4. The minimum absolute atomic E-state index is 0.206. The van der Waals surface area contributed by atoms with Gasteiger partial charge in [0.15, 0.2) is 5.58 Å². The van der Waals surface area contributed by atoms with E-state index in [4.69, 9.17) is 14.4 Å². The minimum atomic E-state index is -0.352. The van der Waals surface area contributed by atoms with Crippen LogP contribution < -0.4 is 0 Å². The highest BCUT2D eigenvalue weighted by atomic mass is 16.3. The summed E-state index contributed by atoms with van der Waals surface area (Å²) in [4.78, 5) is 11.6. The molecule has 3 aromatic heterocycles. The lowest BCUT2D eigenvalue weighted by atomic mass is 9.79. The van der Waals surface area contributed by atoms with Crippen molar-refractivity contribution in [3.05, 3.63) is 210 Å². The maximum Gasteiger partial charge on any atom is 0.161 e. The Balaban J connectivity index is 1.13.